The molecule has 0 aliphatic heterocycles. The number of aromatic hydroxyl groups is 1. The third-order valence-electron chi connectivity index (χ3n) is 1.13. The summed E-state index contributed by atoms with van der Waals surface area (Å²) in [5, 5.41) is 8.41. The van der Waals surface area contributed by atoms with E-state index in [2.05, 4.69) is 25.7 Å². The summed E-state index contributed by atoms with van der Waals surface area (Å²) in [6, 6.07) is 0. The van der Waals surface area contributed by atoms with Gasteiger partial charge in [0.05, 0.1) is 6.20 Å². The highest BCUT2D eigenvalue weighted by atomic mass is 79.9. The second-order valence-corrected chi connectivity index (χ2v) is 3.25. The van der Waals surface area contributed by atoms with E-state index in [-0.39, 0.29) is 4.60 Å². The van der Waals surface area contributed by atoms with E-state index in [0.717, 1.165) is 6.20 Å². The Kier molecular flexibility index (Phi) is 3.10. The van der Waals surface area contributed by atoms with Crippen molar-refractivity contribution in [1.29, 1.82) is 0 Å². The van der Waals surface area contributed by atoms with Gasteiger partial charge in [-0.25, -0.2) is 4.98 Å². The molecule has 1 aromatic rings. The van der Waals surface area contributed by atoms with E-state index in [0.29, 0.717) is 0 Å². The van der Waals surface area contributed by atoms with Crippen molar-refractivity contribution >= 4 is 27.5 Å². The van der Waals surface area contributed by atoms with Gasteiger partial charge < -0.3 is 9.84 Å². The molecule has 0 aliphatic rings. The lowest BCUT2D eigenvalue weighted by Crippen LogP contribution is -2.17. The molecule has 1 N–H and O–H groups in total. The fraction of sp³-hybridized carbons (Fsp3) is 0.167. The molecule has 0 aromatic carbocycles. The van der Waals surface area contributed by atoms with Crippen molar-refractivity contribution in [1.82, 2.24) is 4.98 Å². The average Bonchev–Trinajstić information content (AvgIpc) is 2.04. The molecule has 0 fully saturated rings. The highest BCUT2D eigenvalue weighted by Crippen LogP contribution is 2.40. The van der Waals surface area contributed by atoms with Gasteiger partial charge in [0, 0.05) is 0 Å². The molecule has 1 heterocycles. The Morgan fingerprint density at radius 3 is 2.57 bits per heavy atom. The Morgan fingerprint density at radius 1 is 1.50 bits per heavy atom. The van der Waals surface area contributed by atoms with E-state index in [1.54, 1.807) is 0 Å². The minimum atomic E-state index is -4.89. The van der Waals surface area contributed by atoms with Gasteiger partial charge in [-0.3, -0.25) is 0 Å². The van der Waals surface area contributed by atoms with Crippen LogP contribution in [0.2, 0.25) is 5.02 Å². The lowest BCUT2D eigenvalue weighted by molar-refractivity contribution is -0.275. The first-order valence-electron chi connectivity index (χ1n) is 3.10. The molecule has 78 valence electrons. The molecule has 0 spiro atoms. The molecule has 1 rings (SSSR count). The normalized spacial score (nSPS) is 11.5. The van der Waals surface area contributed by atoms with Gasteiger partial charge in [0.15, 0.2) is 11.5 Å². The zero-order valence-corrected chi connectivity index (χ0v) is 8.61. The molecule has 0 saturated heterocycles. The number of rotatable bonds is 1. The molecule has 0 amide bonds. The fourth-order valence-electron chi connectivity index (χ4n) is 0.643. The summed E-state index contributed by atoms with van der Waals surface area (Å²) in [5.74, 6) is -1.35. The number of ether oxygens (including phenoxy) is 1. The van der Waals surface area contributed by atoms with Crippen molar-refractivity contribution in [2.45, 2.75) is 6.36 Å². The maximum atomic E-state index is 11.8. The van der Waals surface area contributed by atoms with Gasteiger partial charge in [0.2, 0.25) is 0 Å². The summed E-state index contributed by atoms with van der Waals surface area (Å²) in [5.41, 5.74) is 0. The van der Waals surface area contributed by atoms with E-state index in [1.807, 2.05) is 0 Å². The van der Waals surface area contributed by atoms with Crippen LogP contribution in [-0.2, 0) is 0 Å². The first-order valence-corrected chi connectivity index (χ1v) is 4.27. The molecular weight excluding hydrogens is 290 g/mol. The highest BCUT2D eigenvalue weighted by Gasteiger charge is 2.34. The predicted octanol–water partition coefficient (Wildman–Crippen LogP) is 3.10. The number of hydrogen-bond acceptors (Lipinski definition) is 3. The van der Waals surface area contributed by atoms with Crippen LogP contribution in [0.1, 0.15) is 0 Å². The van der Waals surface area contributed by atoms with Crippen molar-refractivity contribution < 1.29 is 23.0 Å². The smallest absolute Gasteiger partial charge is 0.505 e. The molecule has 0 unspecified atom stereocenters. The summed E-state index contributed by atoms with van der Waals surface area (Å²) in [7, 11) is 0. The number of halogens is 5. The Morgan fingerprint density at radius 2 is 2.07 bits per heavy atom. The van der Waals surface area contributed by atoms with Crippen LogP contribution in [-0.4, -0.2) is 16.5 Å². The van der Waals surface area contributed by atoms with E-state index in [4.69, 9.17) is 16.7 Å². The third kappa shape index (κ3) is 2.65. The van der Waals surface area contributed by atoms with Crippen LogP contribution < -0.4 is 4.74 Å². The van der Waals surface area contributed by atoms with Gasteiger partial charge in [-0.05, 0) is 15.9 Å². The Hall–Kier alpha value is -0.690. The predicted molar refractivity (Wildman–Crippen MR) is 45.3 cm³/mol. The first kappa shape index (κ1) is 11.4. The van der Waals surface area contributed by atoms with E-state index in [1.165, 1.54) is 0 Å². The summed E-state index contributed by atoms with van der Waals surface area (Å²) >= 11 is 8.06. The highest BCUT2D eigenvalue weighted by molar-refractivity contribution is 9.10. The van der Waals surface area contributed by atoms with Crippen LogP contribution in [0.3, 0.4) is 0 Å². The second-order valence-electron chi connectivity index (χ2n) is 2.13. The molecule has 0 bridgehead atoms. The van der Waals surface area contributed by atoms with Crippen LogP contribution in [0.5, 0.6) is 11.5 Å². The molecule has 1 aromatic heterocycles. The number of alkyl halides is 3. The van der Waals surface area contributed by atoms with Crippen molar-refractivity contribution in [2.24, 2.45) is 0 Å². The second kappa shape index (κ2) is 3.82. The Balaban J connectivity index is 3.13. The van der Waals surface area contributed by atoms with Gasteiger partial charge in [0.1, 0.15) is 9.63 Å². The topological polar surface area (TPSA) is 42.4 Å². The largest absolute Gasteiger partial charge is 0.573 e. The molecule has 14 heavy (non-hydrogen) atoms. The van der Waals surface area contributed by atoms with Crippen LogP contribution in [0.15, 0.2) is 10.8 Å². The summed E-state index contributed by atoms with van der Waals surface area (Å²) in [6.07, 6.45) is -3.99. The van der Waals surface area contributed by atoms with Gasteiger partial charge in [-0.1, -0.05) is 11.6 Å². The number of pyridine rings is 1. The lowest BCUT2D eigenvalue weighted by atomic mass is 10.4. The Bertz CT molecular complexity index is 358. The number of nitrogens with zero attached hydrogens (tertiary/aromatic N) is 1. The van der Waals surface area contributed by atoms with Crippen LogP contribution >= 0.6 is 27.5 Å². The quantitative estimate of drug-likeness (QED) is 0.809. The van der Waals surface area contributed by atoms with Crippen LogP contribution in [0.25, 0.3) is 0 Å². The zero-order valence-electron chi connectivity index (χ0n) is 6.27. The summed E-state index contributed by atoms with van der Waals surface area (Å²) in [4.78, 5) is 3.38. The lowest BCUT2D eigenvalue weighted by Gasteiger charge is -2.11. The summed E-state index contributed by atoms with van der Waals surface area (Å²) < 4.78 is 38.8. The SMILES string of the molecule is Oc1cnc(Br)c(OC(F)(F)F)c1Cl. The molecule has 0 radical (unpaired) electrons. The molecule has 0 atom stereocenters. The van der Waals surface area contributed by atoms with Crippen molar-refractivity contribution in [3.8, 4) is 11.5 Å². The van der Waals surface area contributed by atoms with E-state index >= 15 is 0 Å². The van der Waals surface area contributed by atoms with Crippen LogP contribution in [0, 0.1) is 0 Å². The molecular formula is C6H2BrClF3NO2. The minimum Gasteiger partial charge on any atom is -0.505 e. The molecule has 3 nitrogen and oxygen atoms in total. The van der Waals surface area contributed by atoms with Gasteiger partial charge in [-0.2, -0.15) is 0 Å². The number of aromatic nitrogens is 1. The van der Waals surface area contributed by atoms with Crippen molar-refractivity contribution in [2.75, 3.05) is 0 Å². The standard InChI is InChI=1S/C6H2BrClF3NO2/c7-5-4(14-6(9,10)11)3(8)2(13)1-12-5/h1,13H. The van der Waals surface area contributed by atoms with E-state index < -0.39 is 22.9 Å². The molecule has 0 aliphatic carbocycles. The molecule has 8 heteroatoms. The van der Waals surface area contributed by atoms with E-state index in [9.17, 15) is 13.2 Å². The van der Waals surface area contributed by atoms with Crippen molar-refractivity contribution in [3.05, 3.63) is 15.8 Å². The summed E-state index contributed by atoms with van der Waals surface area (Å²) in [6.45, 7) is 0. The Labute approximate surface area is 89.6 Å². The monoisotopic (exact) mass is 291 g/mol. The van der Waals surface area contributed by atoms with Crippen LogP contribution in [0.4, 0.5) is 13.2 Å². The zero-order chi connectivity index (χ0) is 10.9. The van der Waals surface area contributed by atoms with Gasteiger partial charge >= 0.3 is 6.36 Å². The first-order chi connectivity index (χ1) is 6.31. The van der Waals surface area contributed by atoms with Gasteiger partial charge in [-0.15, -0.1) is 13.2 Å². The molecule has 0 saturated carbocycles. The average molecular weight is 292 g/mol. The number of hydrogen-bond donors (Lipinski definition) is 1. The minimum absolute atomic E-state index is 0.238. The van der Waals surface area contributed by atoms with Crippen molar-refractivity contribution in [3.63, 3.8) is 0 Å². The third-order valence-corrected chi connectivity index (χ3v) is 2.06. The van der Waals surface area contributed by atoms with Gasteiger partial charge in [0.25, 0.3) is 0 Å². The maximum Gasteiger partial charge on any atom is 0.573 e. The fourth-order valence-corrected chi connectivity index (χ4v) is 1.32. The maximum absolute atomic E-state index is 11.8.